The molecule has 106 valence electrons. The second-order valence-electron chi connectivity index (χ2n) is 4.72. The molecule has 0 aliphatic carbocycles. The monoisotopic (exact) mass is 286 g/mol. The zero-order valence-corrected chi connectivity index (χ0v) is 11.8. The van der Waals surface area contributed by atoms with Crippen molar-refractivity contribution in [3.63, 3.8) is 0 Å². The summed E-state index contributed by atoms with van der Waals surface area (Å²) in [5, 5.41) is 3.17. The number of halogens is 1. The number of hydrogen-bond acceptors (Lipinski definition) is 3. The number of anilines is 1. The van der Waals surface area contributed by atoms with Crippen LogP contribution in [0.2, 0.25) is 0 Å². The third kappa shape index (κ3) is 3.45. The van der Waals surface area contributed by atoms with Gasteiger partial charge in [0.25, 0.3) is 0 Å². The lowest BCUT2D eigenvalue weighted by molar-refractivity contribution is 0.573. The molecule has 0 radical (unpaired) electrons. The third-order valence-electron chi connectivity index (χ3n) is 3.29. The van der Waals surface area contributed by atoms with Gasteiger partial charge >= 0.3 is 0 Å². The van der Waals surface area contributed by atoms with Gasteiger partial charge in [0.2, 0.25) is 10.0 Å². The van der Waals surface area contributed by atoms with Crippen LogP contribution in [0.4, 0.5) is 10.1 Å². The Labute approximate surface area is 113 Å². The van der Waals surface area contributed by atoms with Crippen molar-refractivity contribution in [2.45, 2.75) is 25.8 Å². The number of nitrogens with zero attached hydrogens (tertiary/aromatic N) is 1. The van der Waals surface area contributed by atoms with Crippen molar-refractivity contribution in [1.82, 2.24) is 5.32 Å². The van der Waals surface area contributed by atoms with E-state index in [0.29, 0.717) is 12.2 Å². The van der Waals surface area contributed by atoms with Gasteiger partial charge in [-0.15, -0.1) is 0 Å². The minimum absolute atomic E-state index is 0.00705. The fourth-order valence-corrected chi connectivity index (χ4v) is 4.22. The van der Waals surface area contributed by atoms with Gasteiger partial charge in [0, 0.05) is 12.6 Å². The highest BCUT2D eigenvalue weighted by Crippen LogP contribution is 2.20. The van der Waals surface area contributed by atoms with Gasteiger partial charge in [0.15, 0.2) is 0 Å². The summed E-state index contributed by atoms with van der Waals surface area (Å²) in [6, 6.07) is 5.71. The molecule has 1 N–H and O–H groups in total. The highest BCUT2D eigenvalue weighted by molar-refractivity contribution is 7.92. The predicted molar refractivity (Wildman–Crippen MR) is 74.2 cm³/mol. The molecule has 0 saturated carbocycles. The molecule has 6 heteroatoms. The van der Waals surface area contributed by atoms with E-state index in [2.05, 4.69) is 5.32 Å². The van der Waals surface area contributed by atoms with Gasteiger partial charge in [-0.25, -0.2) is 12.8 Å². The Morgan fingerprint density at radius 3 is 2.84 bits per heavy atom. The average Bonchev–Trinajstić information content (AvgIpc) is 2.81. The number of hydrogen-bond donors (Lipinski definition) is 1. The quantitative estimate of drug-likeness (QED) is 0.897. The first-order valence-corrected chi connectivity index (χ1v) is 8.13. The number of rotatable bonds is 5. The minimum Gasteiger partial charge on any atom is -0.313 e. The van der Waals surface area contributed by atoms with Gasteiger partial charge in [-0.2, -0.15) is 0 Å². The molecule has 0 spiro atoms. The van der Waals surface area contributed by atoms with Gasteiger partial charge in [0.05, 0.1) is 11.4 Å². The lowest BCUT2D eigenvalue weighted by atomic mass is 10.3. The summed E-state index contributed by atoms with van der Waals surface area (Å²) in [7, 11) is -3.42. The van der Waals surface area contributed by atoms with Crippen molar-refractivity contribution >= 4 is 15.7 Å². The molecule has 1 heterocycles. The van der Waals surface area contributed by atoms with E-state index in [1.807, 2.05) is 0 Å². The molecule has 0 amide bonds. The molecular formula is C13H19FN2O2S. The van der Waals surface area contributed by atoms with Crippen molar-refractivity contribution in [3.05, 3.63) is 30.1 Å². The molecule has 1 atom stereocenters. The first kappa shape index (κ1) is 14.3. The Hall–Kier alpha value is -1.14. The summed E-state index contributed by atoms with van der Waals surface area (Å²) in [5.74, 6) is -0.359. The predicted octanol–water partition coefficient (Wildman–Crippen LogP) is 1.73. The molecule has 4 nitrogen and oxygen atoms in total. The van der Waals surface area contributed by atoms with Gasteiger partial charge in [-0.05, 0) is 44.5 Å². The summed E-state index contributed by atoms with van der Waals surface area (Å²) >= 11 is 0. The van der Waals surface area contributed by atoms with E-state index in [-0.39, 0.29) is 11.8 Å². The summed E-state index contributed by atoms with van der Waals surface area (Å²) in [6.45, 7) is 2.93. The minimum atomic E-state index is -3.42. The van der Waals surface area contributed by atoms with Crippen LogP contribution < -0.4 is 9.62 Å². The van der Waals surface area contributed by atoms with Gasteiger partial charge in [-0.3, -0.25) is 4.31 Å². The maximum absolute atomic E-state index is 13.2. The van der Waals surface area contributed by atoms with E-state index in [1.165, 1.54) is 22.5 Å². The molecule has 1 saturated heterocycles. The highest BCUT2D eigenvalue weighted by atomic mass is 32.2. The normalized spacial score (nSPS) is 19.6. The molecule has 19 heavy (non-hydrogen) atoms. The van der Waals surface area contributed by atoms with Crippen LogP contribution in [0, 0.1) is 5.82 Å². The largest absolute Gasteiger partial charge is 0.313 e. The van der Waals surface area contributed by atoms with Crippen LogP contribution in [-0.4, -0.2) is 33.3 Å². The number of sulfonamides is 1. The molecule has 0 aromatic heterocycles. The van der Waals surface area contributed by atoms with E-state index in [4.69, 9.17) is 0 Å². The molecule has 1 aliphatic heterocycles. The lowest BCUT2D eigenvalue weighted by Gasteiger charge is -2.24. The molecule has 1 aromatic rings. The van der Waals surface area contributed by atoms with Crippen molar-refractivity contribution in [1.29, 1.82) is 0 Å². The van der Waals surface area contributed by atoms with Gasteiger partial charge in [-0.1, -0.05) is 6.07 Å². The Morgan fingerprint density at radius 1 is 1.47 bits per heavy atom. The van der Waals surface area contributed by atoms with Gasteiger partial charge < -0.3 is 5.32 Å². The molecule has 1 unspecified atom stereocenters. The van der Waals surface area contributed by atoms with E-state index < -0.39 is 15.8 Å². The first-order chi connectivity index (χ1) is 9.03. The van der Waals surface area contributed by atoms with Crippen LogP contribution in [0.3, 0.4) is 0 Å². The Bertz CT molecular complexity index is 527. The first-order valence-electron chi connectivity index (χ1n) is 6.52. The number of nitrogens with one attached hydrogen (secondary N) is 1. The standard InChI is InChI=1S/C13H19FN2O2S/c1-2-16(13-7-3-5-11(14)9-13)19(17,18)10-12-6-4-8-15-12/h3,5,7,9,12,15H,2,4,6,8,10H2,1H3. The van der Waals surface area contributed by atoms with E-state index in [0.717, 1.165) is 19.4 Å². The second kappa shape index (κ2) is 5.88. The van der Waals surface area contributed by atoms with E-state index >= 15 is 0 Å². The summed E-state index contributed by atoms with van der Waals surface area (Å²) < 4.78 is 39.3. The molecule has 0 bridgehead atoms. The van der Waals surface area contributed by atoms with Crippen LogP contribution in [0.5, 0.6) is 0 Å². The van der Waals surface area contributed by atoms with Crippen LogP contribution >= 0.6 is 0 Å². The highest BCUT2D eigenvalue weighted by Gasteiger charge is 2.27. The van der Waals surface area contributed by atoms with E-state index in [9.17, 15) is 12.8 Å². The average molecular weight is 286 g/mol. The zero-order valence-electron chi connectivity index (χ0n) is 11.0. The summed E-state index contributed by atoms with van der Waals surface area (Å²) in [5.41, 5.74) is 0.389. The topological polar surface area (TPSA) is 49.4 Å². The Kier molecular flexibility index (Phi) is 4.42. The Balaban J connectivity index is 2.20. The van der Waals surface area contributed by atoms with Crippen LogP contribution in [0.25, 0.3) is 0 Å². The maximum Gasteiger partial charge on any atom is 0.236 e. The van der Waals surface area contributed by atoms with Crippen molar-refractivity contribution < 1.29 is 12.8 Å². The summed E-state index contributed by atoms with van der Waals surface area (Å²) in [6.07, 6.45) is 1.88. The smallest absolute Gasteiger partial charge is 0.236 e. The zero-order chi connectivity index (χ0) is 13.9. The lowest BCUT2D eigenvalue weighted by Crippen LogP contribution is -2.39. The van der Waals surface area contributed by atoms with Crippen LogP contribution in [0.1, 0.15) is 19.8 Å². The van der Waals surface area contributed by atoms with Gasteiger partial charge in [0.1, 0.15) is 5.82 Å². The molecule has 1 fully saturated rings. The fourth-order valence-electron chi connectivity index (χ4n) is 2.41. The van der Waals surface area contributed by atoms with Crippen molar-refractivity contribution in [2.75, 3.05) is 23.1 Å². The number of benzene rings is 1. The fraction of sp³-hybridized carbons (Fsp3) is 0.538. The SMILES string of the molecule is CCN(c1cccc(F)c1)S(=O)(=O)CC1CCCN1. The molecular weight excluding hydrogens is 267 g/mol. The van der Waals surface area contributed by atoms with Crippen molar-refractivity contribution in [3.8, 4) is 0 Å². The van der Waals surface area contributed by atoms with Crippen molar-refractivity contribution in [2.24, 2.45) is 0 Å². The Morgan fingerprint density at radius 2 is 2.26 bits per heavy atom. The maximum atomic E-state index is 13.2. The molecule has 2 rings (SSSR count). The molecule has 1 aliphatic rings. The molecule has 1 aromatic carbocycles. The second-order valence-corrected chi connectivity index (χ2v) is 6.65. The van der Waals surface area contributed by atoms with Crippen LogP contribution in [-0.2, 0) is 10.0 Å². The van der Waals surface area contributed by atoms with E-state index in [1.54, 1.807) is 13.0 Å². The van der Waals surface area contributed by atoms with Crippen LogP contribution in [0.15, 0.2) is 24.3 Å². The third-order valence-corrected chi connectivity index (χ3v) is 5.26. The summed E-state index contributed by atoms with van der Waals surface area (Å²) in [4.78, 5) is 0.